The standard InChI is InChI=1S/C12H19IN2/c1-3-10-6-4-5-7-11(10)15-8-9(2)12(13)14-15/h8,10-11H,3-7H2,1-2H3. The van der Waals surface area contributed by atoms with Crippen LogP contribution in [0, 0.1) is 16.5 Å². The topological polar surface area (TPSA) is 17.8 Å². The molecule has 1 heterocycles. The molecular formula is C12H19IN2. The molecule has 84 valence electrons. The van der Waals surface area contributed by atoms with Crippen LogP contribution < -0.4 is 0 Å². The van der Waals surface area contributed by atoms with E-state index in [2.05, 4.69) is 52.4 Å². The van der Waals surface area contributed by atoms with E-state index < -0.39 is 0 Å². The third kappa shape index (κ3) is 2.37. The van der Waals surface area contributed by atoms with Crippen molar-refractivity contribution < 1.29 is 0 Å². The number of aromatic nitrogens is 2. The first-order valence-electron chi connectivity index (χ1n) is 5.93. The molecule has 0 bridgehead atoms. The van der Waals surface area contributed by atoms with Gasteiger partial charge in [-0.1, -0.05) is 26.2 Å². The van der Waals surface area contributed by atoms with Gasteiger partial charge in [0.2, 0.25) is 0 Å². The van der Waals surface area contributed by atoms with Crippen LogP contribution >= 0.6 is 22.6 Å². The lowest BCUT2D eigenvalue weighted by molar-refractivity contribution is 0.217. The Labute approximate surface area is 106 Å². The van der Waals surface area contributed by atoms with Crippen LogP contribution in [0.4, 0.5) is 0 Å². The van der Waals surface area contributed by atoms with Crippen molar-refractivity contribution in [3.8, 4) is 0 Å². The number of hydrogen-bond donors (Lipinski definition) is 0. The van der Waals surface area contributed by atoms with Crippen molar-refractivity contribution >= 4 is 22.6 Å². The van der Waals surface area contributed by atoms with Crippen molar-refractivity contribution in [3.63, 3.8) is 0 Å². The van der Waals surface area contributed by atoms with E-state index in [9.17, 15) is 0 Å². The fourth-order valence-corrected chi connectivity index (χ4v) is 3.03. The van der Waals surface area contributed by atoms with Gasteiger partial charge in [0, 0.05) is 11.8 Å². The zero-order valence-corrected chi connectivity index (χ0v) is 11.7. The molecule has 1 aliphatic carbocycles. The number of hydrogen-bond acceptors (Lipinski definition) is 1. The summed E-state index contributed by atoms with van der Waals surface area (Å²) in [4.78, 5) is 0. The van der Waals surface area contributed by atoms with Gasteiger partial charge in [0.1, 0.15) is 3.70 Å². The Bertz CT molecular complexity index is 313. The number of aryl methyl sites for hydroxylation is 1. The van der Waals surface area contributed by atoms with Crippen molar-refractivity contribution in [2.24, 2.45) is 5.92 Å². The summed E-state index contributed by atoms with van der Waals surface area (Å²) in [5, 5.41) is 4.64. The van der Waals surface area contributed by atoms with Crippen molar-refractivity contribution in [1.82, 2.24) is 9.78 Å². The van der Waals surface area contributed by atoms with Gasteiger partial charge >= 0.3 is 0 Å². The average molecular weight is 318 g/mol. The third-order valence-corrected chi connectivity index (χ3v) is 4.65. The minimum Gasteiger partial charge on any atom is -0.268 e. The number of rotatable bonds is 2. The van der Waals surface area contributed by atoms with E-state index in [0.29, 0.717) is 6.04 Å². The monoisotopic (exact) mass is 318 g/mol. The molecule has 2 nitrogen and oxygen atoms in total. The van der Waals surface area contributed by atoms with Gasteiger partial charge in [-0.05, 0) is 48.3 Å². The molecule has 0 amide bonds. The van der Waals surface area contributed by atoms with E-state index in [-0.39, 0.29) is 0 Å². The molecule has 2 rings (SSSR count). The summed E-state index contributed by atoms with van der Waals surface area (Å²) in [6, 6.07) is 0.658. The lowest BCUT2D eigenvalue weighted by Gasteiger charge is -2.30. The number of halogens is 1. The van der Waals surface area contributed by atoms with Crippen molar-refractivity contribution in [3.05, 3.63) is 15.5 Å². The molecule has 1 aliphatic rings. The summed E-state index contributed by atoms with van der Waals surface area (Å²) < 4.78 is 3.39. The summed E-state index contributed by atoms with van der Waals surface area (Å²) in [6.45, 7) is 4.46. The molecule has 1 saturated carbocycles. The van der Waals surface area contributed by atoms with Crippen LogP contribution in [-0.2, 0) is 0 Å². The maximum Gasteiger partial charge on any atom is 0.126 e. The Morgan fingerprint density at radius 3 is 2.80 bits per heavy atom. The highest BCUT2D eigenvalue weighted by atomic mass is 127. The molecule has 1 aromatic rings. The van der Waals surface area contributed by atoms with Crippen molar-refractivity contribution in [1.29, 1.82) is 0 Å². The predicted molar refractivity (Wildman–Crippen MR) is 71.0 cm³/mol. The second-order valence-corrected chi connectivity index (χ2v) is 5.62. The second-order valence-electron chi connectivity index (χ2n) is 4.60. The molecule has 0 N–H and O–H groups in total. The lowest BCUT2D eigenvalue weighted by Crippen LogP contribution is -2.23. The van der Waals surface area contributed by atoms with Crippen LogP contribution in [0.5, 0.6) is 0 Å². The summed E-state index contributed by atoms with van der Waals surface area (Å²) in [6.07, 6.45) is 9.00. The van der Waals surface area contributed by atoms with E-state index in [4.69, 9.17) is 0 Å². The minimum absolute atomic E-state index is 0.658. The quantitative estimate of drug-likeness (QED) is 0.755. The molecule has 0 spiro atoms. The average Bonchev–Trinajstić information content (AvgIpc) is 2.59. The molecular weight excluding hydrogens is 299 g/mol. The molecule has 1 aromatic heterocycles. The molecule has 2 atom stereocenters. The molecule has 0 aliphatic heterocycles. The van der Waals surface area contributed by atoms with E-state index >= 15 is 0 Å². The molecule has 15 heavy (non-hydrogen) atoms. The van der Waals surface area contributed by atoms with E-state index in [0.717, 1.165) is 9.62 Å². The van der Waals surface area contributed by atoms with Crippen LogP contribution in [0.15, 0.2) is 6.20 Å². The first-order valence-corrected chi connectivity index (χ1v) is 7.01. The maximum atomic E-state index is 4.64. The molecule has 0 aromatic carbocycles. The highest BCUT2D eigenvalue weighted by Crippen LogP contribution is 2.35. The molecule has 0 radical (unpaired) electrons. The molecule has 3 heteroatoms. The Balaban J connectivity index is 2.20. The number of nitrogens with zero attached hydrogens (tertiary/aromatic N) is 2. The first-order chi connectivity index (χ1) is 7.22. The SMILES string of the molecule is CCC1CCCCC1n1cc(C)c(I)n1. The van der Waals surface area contributed by atoms with Crippen LogP contribution in [0.25, 0.3) is 0 Å². The first kappa shape index (κ1) is 11.4. The summed E-state index contributed by atoms with van der Waals surface area (Å²) >= 11 is 2.33. The van der Waals surface area contributed by atoms with E-state index in [1.54, 1.807) is 0 Å². The molecule has 1 fully saturated rings. The second kappa shape index (κ2) is 4.85. The highest BCUT2D eigenvalue weighted by molar-refractivity contribution is 14.1. The summed E-state index contributed by atoms with van der Waals surface area (Å²) in [7, 11) is 0. The smallest absolute Gasteiger partial charge is 0.126 e. The van der Waals surface area contributed by atoms with Crippen LogP contribution in [-0.4, -0.2) is 9.78 Å². The fraction of sp³-hybridized carbons (Fsp3) is 0.750. The third-order valence-electron chi connectivity index (χ3n) is 3.59. The van der Waals surface area contributed by atoms with Gasteiger partial charge in [-0.2, -0.15) is 5.10 Å². The van der Waals surface area contributed by atoms with E-state index in [1.165, 1.54) is 37.7 Å². The largest absolute Gasteiger partial charge is 0.268 e. The zero-order valence-electron chi connectivity index (χ0n) is 9.54. The molecule has 2 unspecified atom stereocenters. The predicted octanol–water partition coefficient (Wildman–Crippen LogP) is 3.94. The summed E-state index contributed by atoms with van der Waals surface area (Å²) in [5.74, 6) is 0.842. The highest BCUT2D eigenvalue weighted by Gasteiger charge is 2.25. The Kier molecular flexibility index (Phi) is 3.69. The van der Waals surface area contributed by atoms with Crippen LogP contribution in [0.2, 0.25) is 0 Å². The van der Waals surface area contributed by atoms with Gasteiger partial charge in [0.15, 0.2) is 0 Å². The van der Waals surface area contributed by atoms with Gasteiger partial charge in [0.25, 0.3) is 0 Å². The van der Waals surface area contributed by atoms with Gasteiger partial charge in [-0.25, -0.2) is 0 Å². The minimum atomic E-state index is 0.658. The normalized spacial score (nSPS) is 26.9. The lowest BCUT2D eigenvalue weighted by atomic mass is 9.83. The maximum absolute atomic E-state index is 4.64. The Morgan fingerprint density at radius 2 is 2.20 bits per heavy atom. The molecule has 0 saturated heterocycles. The zero-order chi connectivity index (χ0) is 10.8. The Hall–Kier alpha value is -0.0600. The summed E-state index contributed by atoms with van der Waals surface area (Å²) in [5.41, 5.74) is 1.32. The van der Waals surface area contributed by atoms with Gasteiger partial charge in [0.05, 0.1) is 6.04 Å². The van der Waals surface area contributed by atoms with Gasteiger partial charge < -0.3 is 0 Å². The van der Waals surface area contributed by atoms with Crippen LogP contribution in [0.3, 0.4) is 0 Å². The van der Waals surface area contributed by atoms with Gasteiger partial charge in [-0.15, -0.1) is 0 Å². The van der Waals surface area contributed by atoms with Crippen LogP contribution in [0.1, 0.15) is 50.6 Å². The Morgan fingerprint density at radius 1 is 1.47 bits per heavy atom. The van der Waals surface area contributed by atoms with E-state index in [1.807, 2.05) is 0 Å². The van der Waals surface area contributed by atoms with Gasteiger partial charge in [-0.3, -0.25) is 4.68 Å². The fourth-order valence-electron chi connectivity index (χ4n) is 2.64. The van der Waals surface area contributed by atoms with Crippen molar-refractivity contribution in [2.75, 3.05) is 0 Å². The van der Waals surface area contributed by atoms with Crippen molar-refractivity contribution in [2.45, 2.75) is 52.0 Å².